The summed E-state index contributed by atoms with van der Waals surface area (Å²) in [5, 5.41) is 0. The van der Waals surface area contributed by atoms with Crippen molar-refractivity contribution in [3.63, 3.8) is 0 Å². The molecule has 0 heterocycles. The molecule has 0 aliphatic heterocycles. The minimum Gasteiger partial charge on any atom is -0.462 e. The van der Waals surface area contributed by atoms with Crippen LogP contribution in [-0.4, -0.2) is 23.6 Å². The van der Waals surface area contributed by atoms with E-state index in [1.54, 1.807) is 40.7 Å². The van der Waals surface area contributed by atoms with Crippen molar-refractivity contribution in [3.05, 3.63) is 35.1 Å². The van der Waals surface area contributed by atoms with Crippen molar-refractivity contribution < 1.29 is 23.5 Å². The van der Waals surface area contributed by atoms with E-state index in [1.165, 1.54) is 6.07 Å². The number of benzene rings is 1. The van der Waals surface area contributed by atoms with Crippen molar-refractivity contribution in [1.82, 2.24) is 0 Å². The molecule has 0 amide bonds. The standard InChI is InChI=1S/C22H33FO4/c1-13(2)20(17-10-9-14(3)11-18(17)23)16(5)26-21(25)15(4)12-19(24)27-22(6,7)8/h9-11,13,15-16,20H,12H2,1-8H3/t15-,16+,20-/m1/s1. The van der Waals surface area contributed by atoms with E-state index in [0.29, 0.717) is 5.56 Å². The molecule has 5 heteroatoms. The van der Waals surface area contributed by atoms with Crippen molar-refractivity contribution in [2.75, 3.05) is 0 Å². The molecule has 0 aliphatic rings. The second-order valence-electron chi connectivity index (χ2n) is 8.63. The molecule has 0 aliphatic carbocycles. The van der Waals surface area contributed by atoms with Crippen LogP contribution in [0.25, 0.3) is 0 Å². The normalized spacial score (nSPS) is 15.2. The van der Waals surface area contributed by atoms with Crippen LogP contribution in [-0.2, 0) is 19.1 Å². The summed E-state index contributed by atoms with van der Waals surface area (Å²) in [6, 6.07) is 5.10. The van der Waals surface area contributed by atoms with Gasteiger partial charge in [-0.15, -0.1) is 0 Å². The summed E-state index contributed by atoms with van der Waals surface area (Å²) in [4.78, 5) is 24.3. The van der Waals surface area contributed by atoms with Gasteiger partial charge in [0.15, 0.2) is 0 Å². The van der Waals surface area contributed by atoms with Crippen molar-refractivity contribution in [2.45, 2.75) is 79.4 Å². The summed E-state index contributed by atoms with van der Waals surface area (Å²) in [5.41, 5.74) is 0.782. The van der Waals surface area contributed by atoms with Crippen LogP contribution in [0.4, 0.5) is 4.39 Å². The van der Waals surface area contributed by atoms with E-state index in [0.717, 1.165) is 5.56 Å². The second kappa shape index (κ2) is 9.34. The molecule has 27 heavy (non-hydrogen) atoms. The molecule has 1 aromatic carbocycles. The number of carbonyl (C=O) groups is 2. The lowest BCUT2D eigenvalue weighted by atomic mass is 9.83. The highest BCUT2D eigenvalue weighted by Gasteiger charge is 2.30. The molecule has 0 saturated heterocycles. The number of halogens is 1. The molecule has 0 radical (unpaired) electrons. The predicted octanol–water partition coefficient (Wildman–Crippen LogP) is 5.17. The fraction of sp³-hybridized carbons (Fsp3) is 0.636. The van der Waals surface area contributed by atoms with Crippen molar-refractivity contribution in [1.29, 1.82) is 0 Å². The molecule has 0 fully saturated rings. The molecule has 0 unspecified atom stereocenters. The van der Waals surface area contributed by atoms with E-state index in [9.17, 15) is 14.0 Å². The Labute approximate surface area is 162 Å². The minimum atomic E-state index is -0.627. The molecule has 1 aromatic rings. The fourth-order valence-corrected chi connectivity index (χ4v) is 3.15. The van der Waals surface area contributed by atoms with Crippen LogP contribution in [0.2, 0.25) is 0 Å². The molecule has 152 valence electrons. The Morgan fingerprint density at radius 3 is 2.19 bits per heavy atom. The SMILES string of the molecule is Cc1ccc([C@H](C(C)C)[C@H](C)OC(=O)[C@H](C)CC(=O)OC(C)(C)C)c(F)c1. The van der Waals surface area contributed by atoms with Gasteiger partial charge in [0.25, 0.3) is 0 Å². The zero-order valence-corrected chi connectivity index (χ0v) is 17.8. The Morgan fingerprint density at radius 2 is 1.70 bits per heavy atom. The van der Waals surface area contributed by atoms with Gasteiger partial charge in [0.05, 0.1) is 12.3 Å². The van der Waals surface area contributed by atoms with Gasteiger partial charge in [-0.1, -0.05) is 32.9 Å². The quantitative estimate of drug-likeness (QED) is 0.612. The van der Waals surface area contributed by atoms with E-state index >= 15 is 0 Å². The molecule has 0 spiro atoms. The van der Waals surface area contributed by atoms with Gasteiger partial charge in [-0.3, -0.25) is 9.59 Å². The predicted molar refractivity (Wildman–Crippen MR) is 104 cm³/mol. The zero-order valence-electron chi connectivity index (χ0n) is 17.8. The number of hydrogen-bond donors (Lipinski definition) is 0. The molecule has 1 rings (SSSR count). The van der Waals surface area contributed by atoms with Crippen LogP contribution in [0.1, 0.15) is 71.9 Å². The van der Waals surface area contributed by atoms with Gasteiger partial charge < -0.3 is 9.47 Å². The number of ether oxygens (including phenoxy) is 2. The summed E-state index contributed by atoms with van der Waals surface area (Å²) >= 11 is 0. The highest BCUT2D eigenvalue weighted by Crippen LogP contribution is 2.32. The summed E-state index contributed by atoms with van der Waals surface area (Å²) in [7, 11) is 0. The molecular formula is C22H33FO4. The first-order valence-electron chi connectivity index (χ1n) is 9.50. The lowest BCUT2D eigenvalue weighted by molar-refractivity contribution is -0.163. The molecule has 3 atom stereocenters. The van der Waals surface area contributed by atoms with Crippen LogP contribution in [0.5, 0.6) is 0 Å². The zero-order chi connectivity index (χ0) is 20.9. The van der Waals surface area contributed by atoms with E-state index in [4.69, 9.17) is 9.47 Å². The maximum atomic E-state index is 14.4. The van der Waals surface area contributed by atoms with Gasteiger partial charge >= 0.3 is 11.9 Å². The number of rotatable bonds is 7. The number of carbonyl (C=O) groups excluding carboxylic acids is 2. The molecule has 0 saturated carbocycles. The van der Waals surface area contributed by atoms with Gasteiger partial charge in [-0.2, -0.15) is 0 Å². The Morgan fingerprint density at radius 1 is 1.11 bits per heavy atom. The first-order chi connectivity index (χ1) is 12.3. The Bertz CT molecular complexity index is 661. The van der Waals surface area contributed by atoms with Crippen molar-refractivity contribution in [2.24, 2.45) is 11.8 Å². The molecular weight excluding hydrogens is 347 g/mol. The Kier molecular flexibility index (Phi) is 8.00. The summed E-state index contributed by atoms with van der Waals surface area (Å²) in [6.45, 7) is 14.5. The van der Waals surface area contributed by atoms with E-state index in [2.05, 4.69) is 0 Å². The first kappa shape index (κ1) is 23.1. The number of esters is 2. The largest absolute Gasteiger partial charge is 0.462 e. The van der Waals surface area contributed by atoms with E-state index in [1.807, 2.05) is 26.8 Å². The minimum absolute atomic E-state index is 0.0476. The van der Waals surface area contributed by atoms with Gasteiger partial charge in [-0.05, 0) is 57.7 Å². The highest BCUT2D eigenvalue weighted by molar-refractivity contribution is 5.80. The van der Waals surface area contributed by atoms with Crippen LogP contribution in [0.3, 0.4) is 0 Å². The third-order valence-corrected chi connectivity index (χ3v) is 4.34. The average Bonchev–Trinajstić information content (AvgIpc) is 2.47. The monoisotopic (exact) mass is 380 g/mol. The van der Waals surface area contributed by atoms with Crippen LogP contribution >= 0.6 is 0 Å². The fourth-order valence-electron chi connectivity index (χ4n) is 3.15. The van der Waals surface area contributed by atoms with Crippen molar-refractivity contribution in [3.8, 4) is 0 Å². The Balaban J connectivity index is 2.82. The maximum Gasteiger partial charge on any atom is 0.309 e. The Hall–Kier alpha value is -1.91. The molecule has 0 N–H and O–H groups in total. The second-order valence-corrected chi connectivity index (χ2v) is 8.63. The molecule has 0 aromatic heterocycles. The van der Waals surface area contributed by atoms with Crippen molar-refractivity contribution >= 4 is 11.9 Å². The highest BCUT2D eigenvalue weighted by atomic mass is 19.1. The first-order valence-corrected chi connectivity index (χ1v) is 9.50. The van der Waals surface area contributed by atoms with Gasteiger partial charge in [0.2, 0.25) is 0 Å². The third kappa shape index (κ3) is 7.31. The third-order valence-electron chi connectivity index (χ3n) is 4.34. The summed E-state index contributed by atoms with van der Waals surface area (Å²) in [6.07, 6.45) is -0.565. The lowest BCUT2D eigenvalue weighted by Crippen LogP contribution is -2.31. The molecule has 0 bridgehead atoms. The van der Waals surface area contributed by atoms with Gasteiger partial charge in [0, 0.05) is 5.92 Å². The number of aryl methyl sites for hydroxylation is 1. The van der Waals surface area contributed by atoms with E-state index < -0.39 is 29.6 Å². The smallest absolute Gasteiger partial charge is 0.309 e. The van der Waals surface area contributed by atoms with E-state index in [-0.39, 0.29) is 24.1 Å². The molecule has 4 nitrogen and oxygen atoms in total. The van der Waals surface area contributed by atoms with Gasteiger partial charge in [0.1, 0.15) is 17.5 Å². The average molecular weight is 381 g/mol. The summed E-state index contributed by atoms with van der Waals surface area (Å²) < 4.78 is 25.3. The maximum absolute atomic E-state index is 14.4. The number of hydrogen-bond acceptors (Lipinski definition) is 4. The topological polar surface area (TPSA) is 52.6 Å². The summed E-state index contributed by atoms with van der Waals surface area (Å²) in [5.74, 6) is -2.04. The van der Waals surface area contributed by atoms with Crippen LogP contribution in [0, 0.1) is 24.6 Å². The van der Waals surface area contributed by atoms with Gasteiger partial charge in [-0.25, -0.2) is 4.39 Å². The van der Waals surface area contributed by atoms with Crippen LogP contribution < -0.4 is 0 Å². The van der Waals surface area contributed by atoms with Crippen LogP contribution in [0.15, 0.2) is 18.2 Å². The lowest BCUT2D eigenvalue weighted by Gasteiger charge is -2.29.